The lowest BCUT2D eigenvalue weighted by molar-refractivity contribution is -0.109. The van der Waals surface area contributed by atoms with Crippen molar-refractivity contribution in [2.24, 2.45) is 0 Å². The highest BCUT2D eigenvalue weighted by Gasteiger charge is 2.12. The van der Waals surface area contributed by atoms with Gasteiger partial charge in [-0.1, -0.05) is 11.8 Å². The number of ketones is 1. The average molecular weight is 222 g/mol. The number of carbonyl (C=O) groups excluding carboxylic acids is 1. The number of hydrogen-bond donors (Lipinski definition) is 0. The molecule has 16 heavy (non-hydrogen) atoms. The van der Waals surface area contributed by atoms with Crippen LogP contribution in [0.4, 0.5) is 0 Å². The fraction of sp³-hybridized carbons (Fsp3) is 0.615. The molecule has 0 N–H and O–H groups in total. The summed E-state index contributed by atoms with van der Waals surface area (Å²) in [5.41, 5.74) is -1.26. The summed E-state index contributed by atoms with van der Waals surface area (Å²) >= 11 is 0. The molecule has 3 nitrogen and oxygen atoms in total. The fourth-order valence-electron chi connectivity index (χ4n) is 0.548. The molecule has 0 saturated heterocycles. The Balaban J connectivity index is 4.63. The van der Waals surface area contributed by atoms with Gasteiger partial charge >= 0.3 is 0 Å². The van der Waals surface area contributed by atoms with Crippen LogP contribution in [0, 0.1) is 23.7 Å². The van der Waals surface area contributed by atoms with Crippen LogP contribution in [-0.4, -0.2) is 31.2 Å². The van der Waals surface area contributed by atoms with Gasteiger partial charge in [-0.05, 0) is 39.5 Å². The maximum Gasteiger partial charge on any atom is 0.279 e. The highest BCUT2D eigenvalue weighted by atomic mass is 16.5. The summed E-state index contributed by atoms with van der Waals surface area (Å²) in [6, 6.07) is 0. The summed E-state index contributed by atoms with van der Waals surface area (Å²) in [6.07, 6.45) is 0. The molecule has 0 aliphatic heterocycles. The van der Waals surface area contributed by atoms with Gasteiger partial charge in [0.25, 0.3) is 5.78 Å². The van der Waals surface area contributed by atoms with E-state index in [9.17, 15) is 4.79 Å². The van der Waals surface area contributed by atoms with Gasteiger partial charge in [0, 0.05) is 14.2 Å². The molecule has 0 amide bonds. The molecule has 0 rings (SSSR count). The van der Waals surface area contributed by atoms with Gasteiger partial charge in [0.15, 0.2) is 0 Å². The molecule has 0 aromatic carbocycles. The predicted molar refractivity (Wildman–Crippen MR) is 62.7 cm³/mol. The Bertz CT molecular complexity index is 333. The second kappa shape index (κ2) is 5.70. The fourth-order valence-corrected chi connectivity index (χ4v) is 0.548. The summed E-state index contributed by atoms with van der Waals surface area (Å²) in [4.78, 5) is 11.3. The van der Waals surface area contributed by atoms with Crippen molar-refractivity contribution in [3.05, 3.63) is 0 Å². The minimum Gasteiger partial charge on any atom is -0.366 e. The molecule has 0 radical (unpaired) electrons. The van der Waals surface area contributed by atoms with Crippen LogP contribution in [0.1, 0.15) is 27.7 Å². The first kappa shape index (κ1) is 14.7. The third-order valence-corrected chi connectivity index (χ3v) is 1.97. The highest BCUT2D eigenvalue weighted by molar-refractivity contribution is 6.09. The van der Waals surface area contributed by atoms with E-state index in [-0.39, 0.29) is 0 Å². The van der Waals surface area contributed by atoms with Crippen molar-refractivity contribution in [2.45, 2.75) is 38.9 Å². The number of Topliss-reactive ketones (excluding diaryl/α,β-unsaturated/α-hetero) is 1. The van der Waals surface area contributed by atoms with Crippen molar-refractivity contribution in [2.75, 3.05) is 14.2 Å². The van der Waals surface area contributed by atoms with Crippen LogP contribution in [-0.2, 0) is 14.3 Å². The van der Waals surface area contributed by atoms with Gasteiger partial charge in [-0.25, -0.2) is 0 Å². The average Bonchev–Trinajstić information content (AvgIpc) is 2.24. The minimum atomic E-state index is -0.631. The molecule has 0 heterocycles. The molecule has 0 aromatic rings. The van der Waals surface area contributed by atoms with E-state index in [2.05, 4.69) is 23.7 Å². The first-order valence-electron chi connectivity index (χ1n) is 4.93. The summed E-state index contributed by atoms with van der Waals surface area (Å²) in [5, 5.41) is 0. The maximum absolute atomic E-state index is 11.3. The second-order valence-electron chi connectivity index (χ2n) is 4.26. The summed E-state index contributed by atoms with van der Waals surface area (Å²) in [7, 11) is 3.08. The maximum atomic E-state index is 11.3. The zero-order valence-electron chi connectivity index (χ0n) is 10.7. The summed E-state index contributed by atoms with van der Waals surface area (Å²) in [6.45, 7) is 7.11. The monoisotopic (exact) mass is 222 g/mol. The van der Waals surface area contributed by atoms with Gasteiger partial charge in [-0.15, -0.1) is 0 Å². The van der Waals surface area contributed by atoms with Gasteiger partial charge < -0.3 is 9.47 Å². The molecule has 0 aliphatic rings. The van der Waals surface area contributed by atoms with E-state index in [4.69, 9.17) is 9.47 Å². The number of ether oxygens (including phenoxy) is 2. The number of methoxy groups -OCH3 is 2. The van der Waals surface area contributed by atoms with Crippen molar-refractivity contribution < 1.29 is 14.3 Å². The first-order chi connectivity index (χ1) is 7.22. The molecule has 0 atom stereocenters. The largest absolute Gasteiger partial charge is 0.366 e. The van der Waals surface area contributed by atoms with Crippen LogP contribution in [0.15, 0.2) is 0 Å². The van der Waals surface area contributed by atoms with E-state index < -0.39 is 17.0 Å². The van der Waals surface area contributed by atoms with Gasteiger partial charge in [0.2, 0.25) is 0 Å². The normalized spacial score (nSPS) is 10.9. The molecule has 3 heteroatoms. The van der Waals surface area contributed by atoms with Gasteiger partial charge in [0.1, 0.15) is 11.2 Å². The molecule has 0 saturated carbocycles. The van der Waals surface area contributed by atoms with Crippen molar-refractivity contribution in [1.82, 2.24) is 0 Å². The lowest BCUT2D eigenvalue weighted by atomic mass is 10.1. The van der Waals surface area contributed by atoms with E-state index in [0.29, 0.717) is 0 Å². The van der Waals surface area contributed by atoms with Crippen LogP contribution in [0.25, 0.3) is 0 Å². The number of hydrogen-bond acceptors (Lipinski definition) is 3. The lowest BCUT2D eigenvalue weighted by Crippen LogP contribution is -2.20. The smallest absolute Gasteiger partial charge is 0.279 e. The Morgan fingerprint density at radius 1 is 0.875 bits per heavy atom. The summed E-state index contributed by atoms with van der Waals surface area (Å²) < 4.78 is 10.1. The number of carbonyl (C=O) groups is 1. The van der Waals surface area contributed by atoms with Crippen molar-refractivity contribution >= 4 is 5.78 Å². The molecular formula is C13H18O3. The quantitative estimate of drug-likeness (QED) is 0.523. The van der Waals surface area contributed by atoms with Gasteiger partial charge in [-0.3, -0.25) is 4.79 Å². The molecule has 0 aliphatic carbocycles. The lowest BCUT2D eigenvalue weighted by Gasteiger charge is -2.14. The molecule has 0 unspecified atom stereocenters. The zero-order chi connectivity index (χ0) is 12.8. The van der Waals surface area contributed by atoms with E-state index in [0.717, 1.165) is 0 Å². The molecule has 0 fully saturated rings. The first-order valence-corrected chi connectivity index (χ1v) is 4.93. The van der Waals surface area contributed by atoms with E-state index in [1.807, 2.05) is 0 Å². The molecule has 0 spiro atoms. The third-order valence-electron chi connectivity index (χ3n) is 1.97. The Morgan fingerprint density at radius 3 is 1.44 bits per heavy atom. The zero-order valence-corrected chi connectivity index (χ0v) is 10.7. The highest BCUT2D eigenvalue weighted by Crippen LogP contribution is 2.05. The standard InChI is InChI=1S/C13H18O3/c1-12(2,15-5)9-7-11(14)8-10-13(3,4)16-6/h1-6H3. The van der Waals surface area contributed by atoms with Crippen LogP contribution < -0.4 is 0 Å². The van der Waals surface area contributed by atoms with Crippen LogP contribution in [0.2, 0.25) is 0 Å². The topological polar surface area (TPSA) is 35.5 Å². The second-order valence-corrected chi connectivity index (χ2v) is 4.26. The molecule has 88 valence electrons. The van der Waals surface area contributed by atoms with Crippen molar-refractivity contribution in [3.63, 3.8) is 0 Å². The minimum absolute atomic E-state index is 0.435. The summed E-state index contributed by atoms with van der Waals surface area (Å²) in [5.74, 6) is 9.82. The third kappa shape index (κ3) is 6.24. The van der Waals surface area contributed by atoms with E-state index in [1.165, 1.54) is 0 Å². The van der Waals surface area contributed by atoms with E-state index >= 15 is 0 Å². The number of rotatable bonds is 2. The van der Waals surface area contributed by atoms with Gasteiger partial charge in [0.05, 0.1) is 0 Å². The van der Waals surface area contributed by atoms with Crippen molar-refractivity contribution in [3.8, 4) is 23.7 Å². The SMILES string of the molecule is COC(C)(C)C#CC(=O)C#CC(C)(C)OC. The predicted octanol–water partition coefficient (Wildman–Crippen LogP) is 1.41. The van der Waals surface area contributed by atoms with Gasteiger partial charge in [-0.2, -0.15) is 0 Å². The Kier molecular flexibility index (Phi) is 5.24. The molecule has 0 aromatic heterocycles. The molecular weight excluding hydrogens is 204 g/mol. The van der Waals surface area contributed by atoms with Crippen LogP contribution in [0.3, 0.4) is 0 Å². The van der Waals surface area contributed by atoms with Crippen LogP contribution in [0.5, 0.6) is 0 Å². The molecule has 0 bridgehead atoms. The van der Waals surface area contributed by atoms with Crippen molar-refractivity contribution in [1.29, 1.82) is 0 Å². The Morgan fingerprint density at radius 2 is 1.19 bits per heavy atom. The Hall–Kier alpha value is -1.29. The van der Waals surface area contributed by atoms with E-state index in [1.54, 1.807) is 41.9 Å². The Labute approximate surface area is 97.5 Å². The van der Waals surface area contributed by atoms with Crippen LogP contribution >= 0.6 is 0 Å².